The maximum Gasteiger partial charge on any atom is 0.328 e. The molecule has 0 aromatic carbocycles. The van der Waals surface area contributed by atoms with Crippen LogP contribution < -0.4 is 0 Å². The van der Waals surface area contributed by atoms with Gasteiger partial charge in [0.1, 0.15) is 0 Å². The molecule has 4 nitrogen and oxygen atoms in total. The molecule has 0 fully saturated rings. The van der Waals surface area contributed by atoms with E-state index in [0.29, 0.717) is 6.42 Å². The van der Waals surface area contributed by atoms with Gasteiger partial charge in [0.05, 0.1) is 0 Å². The summed E-state index contributed by atoms with van der Waals surface area (Å²) in [5, 5.41) is 8.66. The molecule has 0 bridgehead atoms. The van der Waals surface area contributed by atoms with Crippen molar-refractivity contribution in [1.82, 2.24) is 0 Å². The molecule has 1 N–H and O–H groups in total. The highest BCUT2D eigenvalue weighted by Gasteiger charge is 2.33. The molecule has 0 unspecified atom stereocenters. The van der Waals surface area contributed by atoms with Crippen LogP contribution >= 0.6 is 0 Å². The lowest BCUT2D eigenvalue weighted by atomic mass is 10.2. The van der Waals surface area contributed by atoms with Gasteiger partial charge in [0.25, 0.3) is 8.32 Å². The maximum absolute atomic E-state index is 11.9. The zero-order valence-electron chi connectivity index (χ0n) is 11.1. The zero-order valence-corrected chi connectivity index (χ0v) is 12.1. The van der Waals surface area contributed by atoms with Crippen LogP contribution in [0.4, 0.5) is 0 Å². The molecule has 0 spiro atoms. The summed E-state index contributed by atoms with van der Waals surface area (Å²) in [5.74, 6) is -1.55. The predicted molar refractivity (Wildman–Crippen MR) is 69.3 cm³/mol. The summed E-state index contributed by atoms with van der Waals surface area (Å²) in [6.45, 7) is 7.83. The summed E-state index contributed by atoms with van der Waals surface area (Å²) >= 11 is 0. The Labute approximate surface area is 104 Å². The van der Waals surface area contributed by atoms with Crippen LogP contribution in [0.5, 0.6) is 0 Å². The van der Waals surface area contributed by atoms with Crippen LogP contribution in [0.15, 0.2) is 11.6 Å². The molecule has 5 heteroatoms. The monoisotopic (exact) mass is 258 g/mol. The van der Waals surface area contributed by atoms with Crippen LogP contribution in [0.2, 0.25) is 18.1 Å². The Morgan fingerprint density at radius 2 is 1.59 bits per heavy atom. The Kier molecular flexibility index (Phi) is 6.80. The molecule has 0 amide bonds. The summed E-state index contributed by atoms with van der Waals surface area (Å²) in [5.41, 5.74) is 0.240. The Bertz CT molecular complexity index is 297. The third kappa shape index (κ3) is 4.73. The molecule has 0 saturated carbocycles. The van der Waals surface area contributed by atoms with Gasteiger partial charge in [-0.05, 0) is 24.6 Å². The minimum absolute atomic E-state index is 0.240. The van der Waals surface area contributed by atoms with E-state index in [1.807, 2.05) is 20.8 Å². The average molecular weight is 258 g/mol. The van der Waals surface area contributed by atoms with E-state index in [2.05, 4.69) is 0 Å². The first kappa shape index (κ1) is 15.9. The van der Waals surface area contributed by atoms with Gasteiger partial charge in [-0.2, -0.15) is 0 Å². The lowest BCUT2D eigenvalue weighted by Gasteiger charge is -2.27. The standard InChI is InChI=1S/C12H22O4Si/c1-5-10(9-11(13)14)12(15)16-17(6-2,7-3)8-4/h9H,5-8H2,1-4H3,(H,13,14). The molecule has 0 heterocycles. The molecular formula is C12H22O4Si. The summed E-state index contributed by atoms with van der Waals surface area (Å²) in [7, 11) is -1.99. The Morgan fingerprint density at radius 3 is 1.88 bits per heavy atom. The number of carbonyl (C=O) groups excluding carboxylic acids is 1. The van der Waals surface area contributed by atoms with Gasteiger partial charge < -0.3 is 9.53 Å². The van der Waals surface area contributed by atoms with Crippen LogP contribution in [0.3, 0.4) is 0 Å². The predicted octanol–water partition coefficient (Wildman–Crippen LogP) is 2.96. The van der Waals surface area contributed by atoms with Gasteiger partial charge in [0.2, 0.25) is 0 Å². The zero-order chi connectivity index (χ0) is 13.5. The van der Waals surface area contributed by atoms with E-state index in [0.717, 1.165) is 24.2 Å². The van der Waals surface area contributed by atoms with E-state index in [4.69, 9.17) is 9.53 Å². The van der Waals surface area contributed by atoms with E-state index in [1.54, 1.807) is 6.92 Å². The number of carboxylic acids is 1. The third-order valence-corrected chi connectivity index (χ3v) is 7.67. The molecular weight excluding hydrogens is 236 g/mol. The van der Waals surface area contributed by atoms with Crippen LogP contribution in [-0.4, -0.2) is 25.4 Å². The van der Waals surface area contributed by atoms with Crippen molar-refractivity contribution in [2.45, 2.75) is 52.2 Å². The van der Waals surface area contributed by atoms with Crippen LogP contribution in [-0.2, 0) is 14.0 Å². The number of carbonyl (C=O) groups is 2. The highest BCUT2D eigenvalue weighted by Crippen LogP contribution is 2.23. The molecule has 17 heavy (non-hydrogen) atoms. The van der Waals surface area contributed by atoms with Crippen molar-refractivity contribution in [3.8, 4) is 0 Å². The van der Waals surface area contributed by atoms with E-state index < -0.39 is 20.3 Å². The molecule has 0 aromatic rings. The smallest absolute Gasteiger partial charge is 0.328 e. The van der Waals surface area contributed by atoms with Gasteiger partial charge in [-0.3, -0.25) is 0 Å². The van der Waals surface area contributed by atoms with E-state index >= 15 is 0 Å². The summed E-state index contributed by atoms with van der Waals surface area (Å²) in [4.78, 5) is 22.5. The summed E-state index contributed by atoms with van der Waals surface area (Å²) in [6, 6.07) is 2.61. The first-order chi connectivity index (χ1) is 7.94. The van der Waals surface area contributed by atoms with Crippen molar-refractivity contribution >= 4 is 20.3 Å². The number of hydrogen-bond donors (Lipinski definition) is 1. The van der Waals surface area contributed by atoms with Crippen LogP contribution in [0, 0.1) is 0 Å². The van der Waals surface area contributed by atoms with Gasteiger partial charge in [0.15, 0.2) is 0 Å². The third-order valence-electron chi connectivity index (χ3n) is 3.18. The fourth-order valence-corrected chi connectivity index (χ4v) is 4.14. The number of carboxylic acid groups (broad SMARTS) is 1. The summed E-state index contributed by atoms with van der Waals surface area (Å²) < 4.78 is 5.61. The summed E-state index contributed by atoms with van der Waals surface area (Å²) in [6.07, 6.45) is 1.33. The van der Waals surface area contributed by atoms with Crippen molar-refractivity contribution < 1.29 is 19.1 Å². The highest BCUT2D eigenvalue weighted by molar-refractivity contribution is 6.75. The maximum atomic E-state index is 11.9. The SMILES string of the molecule is CCC(=CC(=O)O)C(=O)O[Si](CC)(CC)CC. The van der Waals surface area contributed by atoms with Crippen molar-refractivity contribution in [3.63, 3.8) is 0 Å². The van der Waals surface area contributed by atoms with Gasteiger partial charge in [-0.15, -0.1) is 0 Å². The van der Waals surface area contributed by atoms with Crippen molar-refractivity contribution in [3.05, 3.63) is 11.6 Å². The van der Waals surface area contributed by atoms with Gasteiger partial charge in [-0.25, -0.2) is 9.59 Å². The lowest BCUT2D eigenvalue weighted by Crippen LogP contribution is -2.38. The molecule has 98 valence electrons. The van der Waals surface area contributed by atoms with Gasteiger partial charge >= 0.3 is 11.9 Å². The molecule has 0 aliphatic carbocycles. The highest BCUT2D eigenvalue weighted by atomic mass is 28.4. The van der Waals surface area contributed by atoms with Gasteiger partial charge in [0, 0.05) is 11.6 Å². The number of rotatable bonds is 7. The molecule has 0 atom stereocenters. The van der Waals surface area contributed by atoms with Crippen molar-refractivity contribution in [2.75, 3.05) is 0 Å². The van der Waals surface area contributed by atoms with E-state index in [-0.39, 0.29) is 5.57 Å². The van der Waals surface area contributed by atoms with Crippen molar-refractivity contribution in [1.29, 1.82) is 0 Å². The Hall–Kier alpha value is -1.10. The number of aliphatic carboxylic acids is 1. The molecule has 0 saturated heterocycles. The second-order valence-electron chi connectivity index (χ2n) is 3.99. The largest absolute Gasteiger partial charge is 0.516 e. The quantitative estimate of drug-likeness (QED) is 0.563. The molecule has 0 aliphatic rings. The fourth-order valence-electron chi connectivity index (χ4n) is 1.68. The molecule has 0 rings (SSSR count). The number of hydrogen-bond acceptors (Lipinski definition) is 3. The Morgan fingerprint density at radius 1 is 1.12 bits per heavy atom. The first-order valence-electron chi connectivity index (χ1n) is 6.11. The second-order valence-corrected chi connectivity index (χ2v) is 8.69. The Balaban J connectivity index is 4.87. The van der Waals surface area contributed by atoms with E-state index in [1.165, 1.54) is 0 Å². The second kappa shape index (κ2) is 7.27. The minimum atomic E-state index is -1.99. The van der Waals surface area contributed by atoms with Crippen molar-refractivity contribution in [2.24, 2.45) is 0 Å². The molecule has 0 radical (unpaired) electrons. The minimum Gasteiger partial charge on any atom is -0.516 e. The first-order valence-corrected chi connectivity index (χ1v) is 8.64. The lowest BCUT2D eigenvalue weighted by molar-refractivity contribution is -0.134. The van der Waals surface area contributed by atoms with Gasteiger partial charge in [-0.1, -0.05) is 27.7 Å². The molecule has 0 aromatic heterocycles. The van der Waals surface area contributed by atoms with Crippen LogP contribution in [0.1, 0.15) is 34.1 Å². The molecule has 0 aliphatic heterocycles. The average Bonchev–Trinajstić information content (AvgIpc) is 2.32. The normalized spacial score (nSPS) is 12.4. The fraction of sp³-hybridized carbons (Fsp3) is 0.667. The van der Waals surface area contributed by atoms with Crippen LogP contribution in [0.25, 0.3) is 0 Å². The topological polar surface area (TPSA) is 63.6 Å². The van der Waals surface area contributed by atoms with E-state index in [9.17, 15) is 9.59 Å².